The van der Waals surface area contributed by atoms with Crippen LogP contribution in [0.1, 0.15) is 26.7 Å². The molecule has 8 nitrogen and oxygen atoms in total. The first-order valence-corrected chi connectivity index (χ1v) is 6.97. The lowest BCUT2D eigenvalue weighted by atomic mass is 10.1. The summed E-state index contributed by atoms with van der Waals surface area (Å²) in [6, 6.07) is -0.813. The molecule has 22 heavy (non-hydrogen) atoms. The van der Waals surface area contributed by atoms with Crippen molar-refractivity contribution < 1.29 is 28.7 Å². The molecule has 0 aliphatic heterocycles. The predicted octanol–water partition coefficient (Wildman–Crippen LogP) is 0.0948. The van der Waals surface area contributed by atoms with Gasteiger partial charge in [0, 0.05) is 26.2 Å². The molecule has 0 aliphatic rings. The maximum absolute atomic E-state index is 11.5. The summed E-state index contributed by atoms with van der Waals surface area (Å²) in [6.07, 6.45) is 2.01. The van der Waals surface area contributed by atoms with Gasteiger partial charge in [0.25, 0.3) is 5.91 Å². The third-order valence-corrected chi connectivity index (χ3v) is 2.49. The topological polar surface area (TPSA) is 103 Å². The molecule has 1 N–H and O–H groups in total. The van der Waals surface area contributed by atoms with E-state index in [0.29, 0.717) is 26.2 Å². The molecular weight excluding hydrogens is 292 g/mol. The molecule has 0 saturated heterocycles. The van der Waals surface area contributed by atoms with Gasteiger partial charge in [0.2, 0.25) is 0 Å². The van der Waals surface area contributed by atoms with E-state index in [4.69, 9.17) is 14.3 Å². The third kappa shape index (κ3) is 12.0. The van der Waals surface area contributed by atoms with Gasteiger partial charge in [-0.15, -0.1) is 0 Å². The summed E-state index contributed by atoms with van der Waals surface area (Å²) in [5, 5.41) is 6.02. The fourth-order valence-electron chi connectivity index (χ4n) is 1.40. The van der Waals surface area contributed by atoms with Gasteiger partial charge in [0.15, 0.2) is 12.4 Å². The van der Waals surface area contributed by atoms with E-state index in [1.54, 1.807) is 7.11 Å². The maximum Gasteiger partial charge on any atom is 0.261 e. The number of Topliss-reactive ketones (excluding diaryl/α,β-unsaturated/α-hetero) is 2. The minimum Gasteiger partial charge on any atom is -0.386 e. The molecule has 0 unspecified atom stereocenters. The number of nitrogens with one attached hydrogen (secondary N) is 1. The molecule has 0 rings (SSSR count). The van der Waals surface area contributed by atoms with Crippen LogP contribution < -0.4 is 5.32 Å². The van der Waals surface area contributed by atoms with Gasteiger partial charge in [-0.25, -0.2) is 0 Å². The number of carbonyl (C=O) groups excluding carboxylic acids is 3. The molecule has 1 amide bonds. The largest absolute Gasteiger partial charge is 0.386 e. The number of nitrogens with zero attached hydrogens (tertiary/aromatic N) is 1. The molecule has 0 aliphatic carbocycles. The molecule has 1 atom stereocenters. The van der Waals surface area contributed by atoms with Crippen molar-refractivity contribution in [1.82, 2.24) is 5.32 Å². The lowest BCUT2D eigenvalue weighted by molar-refractivity contribution is -0.131. The Kier molecular flexibility index (Phi) is 11.8. The van der Waals surface area contributed by atoms with E-state index in [1.807, 2.05) is 0 Å². The molecule has 0 fully saturated rings. The Balaban J connectivity index is 3.79. The number of hydrogen-bond acceptors (Lipinski definition) is 7. The van der Waals surface area contributed by atoms with Crippen molar-refractivity contribution in [1.29, 1.82) is 0 Å². The summed E-state index contributed by atoms with van der Waals surface area (Å²) in [5.41, 5.74) is 0. The van der Waals surface area contributed by atoms with E-state index in [1.165, 1.54) is 20.1 Å². The van der Waals surface area contributed by atoms with Gasteiger partial charge in [-0.2, -0.15) is 0 Å². The highest BCUT2D eigenvalue weighted by molar-refractivity contribution is 5.92. The average Bonchev–Trinajstić information content (AvgIpc) is 2.44. The summed E-state index contributed by atoms with van der Waals surface area (Å²) in [7, 11) is 1.59. The molecule has 0 heterocycles. The number of rotatable bonds is 13. The highest BCUT2D eigenvalue weighted by Gasteiger charge is 2.18. The summed E-state index contributed by atoms with van der Waals surface area (Å²) in [4.78, 5) is 38.6. The molecule has 8 heteroatoms. The van der Waals surface area contributed by atoms with Gasteiger partial charge >= 0.3 is 0 Å². The van der Waals surface area contributed by atoms with Crippen molar-refractivity contribution in [2.24, 2.45) is 5.16 Å². The van der Waals surface area contributed by atoms with E-state index in [2.05, 4.69) is 10.5 Å². The van der Waals surface area contributed by atoms with Crippen molar-refractivity contribution in [3.8, 4) is 0 Å². The molecule has 0 bridgehead atoms. The molecule has 0 aromatic carbocycles. The first-order valence-electron chi connectivity index (χ1n) is 6.97. The van der Waals surface area contributed by atoms with Crippen LogP contribution in [0, 0.1) is 0 Å². The monoisotopic (exact) mass is 316 g/mol. The minimum atomic E-state index is -0.813. The van der Waals surface area contributed by atoms with Gasteiger partial charge in [0.1, 0.15) is 5.78 Å². The van der Waals surface area contributed by atoms with Crippen molar-refractivity contribution in [3.05, 3.63) is 0 Å². The molecule has 0 radical (unpaired) electrons. The van der Waals surface area contributed by atoms with Gasteiger partial charge in [-0.05, 0) is 13.8 Å². The van der Waals surface area contributed by atoms with Crippen molar-refractivity contribution in [3.63, 3.8) is 0 Å². The number of methoxy groups -OCH3 is 1. The summed E-state index contributed by atoms with van der Waals surface area (Å²) >= 11 is 0. The Morgan fingerprint density at radius 3 is 2.50 bits per heavy atom. The highest BCUT2D eigenvalue weighted by atomic mass is 16.6. The number of carbonyl (C=O) groups is 3. The number of oxime groups is 1. The van der Waals surface area contributed by atoms with Gasteiger partial charge in [-0.1, -0.05) is 5.16 Å². The fourth-order valence-corrected chi connectivity index (χ4v) is 1.40. The van der Waals surface area contributed by atoms with E-state index >= 15 is 0 Å². The van der Waals surface area contributed by atoms with Crippen LogP contribution in [0.15, 0.2) is 5.16 Å². The zero-order valence-electron chi connectivity index (χ0n) is 13.3. The second-order valence-electron chi connectivity index (χ2n) is 4.59. The second kappa shape index (κ2) is 12.9. The van der Waals surface area contributed by atoms with E-state index in [-0.39, 0.29) is 24.6 Å². The predicted molar refractivity (Wildman–Crippen MR) is 79.7 cm³/mol. The van der Waals surface area contributed by atoms with Crippen LogP contribution in [0.3, 0.4) is 0 Å². The van der Waals surface area contributed by atoms with Crippen LogP contribution in [0.5, 0.6) is 0 Å². The lowest BCUT2D eigenvalue weighted by Crippen LogP contribution is -2.42. The number of hydrogen-bond donors (Lipinski definition) is 1. The Morgan fingerprint density at radius 1 is 1.18 bits per heavy atom. The van der Waals surface area contributed by atoms with Crippen molar-refractivity contribution >= 4 is 23.7 Å². The smallest absolute Gasteiger partial charge is 0.261 e. The van der Waals surface area contributed by atoms with Crippen LogP contribution in [0.25, 0.3) is 0 Å². The number of amides is 1. The normalized spacial score (nSPS) is 12.1. The van der Waals surface area contributed by atoms with Crippen LogP contribution in [0.2, 0.25) is 0 Å². The Labute approximate surface area is 130 Å². The zero-order valence-corrected chi connectivity index (χ0v) is 13.3. The second-order valence-corrected chi connectivity index (χ2v) is 4.59. The minimum absolute atomic E-state index is 0.0246. The van der Waals surface area contributed by atoms with Gasteiger partial charge in [0.05, 0.1) is 25.9 Å². The first-order chi connectivity index (χ1) is 10.5. The summed E-state index contributed by atoms with van der Waals surface area (Å²) in [6.45, 7) is 3.88. The molecule has 0 spiro atoms. The molecular formula is C14H24N2O6. The first kappa shape index (κ1) is 20.2. The Morgan fingerprint density at radius 2 is 1.91 bits per heavy atom. The fraction of sp³-hybridized carbons (Fsp3) is 0.714. The highest BCUT2D eigenvalue weighted by Crippen LogP contribution is 1.95. The van der Waals surface area contributed by atoms with Crippen LogP contribution in [0.4, 0.5) is 0 Å². The average molecular weight is 316 g/mol. The molecule has 0 saturated carbocycles. The molecule has 126 valence electrons. The lowest BCUT2D eigenvalue weighted by Gasteiger charge is -2.13. The van der Waals surface area contributed by atoms with Crippen LogP contribution in [-0.4, -0.2) is 63.3 Å². The number of ether oxygens (including phenoxy) is 2. The van der Waals surface area contributed by atoms with E-state index in [0.717, 1.165) is 0 Å². The van der Waals surface area contributed by atoms with Crippen molar-refractivity contribution in [2.75, 3.05) is 33.5 Å². The Hall–Kier alpha value is -1.80. The summed E-state index contributed by atoms with van der Waals surface area (Å²) in [5.74, 6) is -0.955. The van der Waals surface area contributed by atoms with Crippen LogP contribution in [-0.2, 0) is 28.7 Å². The Bertz CT molecular complexity index is 384. The van der Waals surface area contributed by atoms with Gasteiger partial charge in [-0.3, -0.25) is 14.4 Å². The van der Waals surface area contributed by atoms with E-state index < -0.39 is 11.9 Å². The van der Waals surface area contributed by atoms with Gasteiger partial charge < -0.3 is 19.6 Å². The van der Waals surface area contributed by atoms with Crippen LogP contribution >= 0.6 is 0 Å². The zero-order chi connectivity index (χ0) is 16.8. The quantitative estimate of drug-likeness (QED) is 0.293. The van der Waals surface area contributed by atoms with E-state index in [9.17, 15) is 14.4 Å². The van der Waals surface area contributed by atoms with Crippen molar-refractivity contribution in [2.45, 2.75) is 32.7 Å². The SMILES string of the molecule is COCCOCC/C=N\OCC(=O)N[C@@H](CC(C)=O)C(C)=O. The standard InChI is InChI=1S/C14H24N2O6/c1-11(17)9-13(12(2)18)16-14(19)10-22-15-5-4-6-21-8-7-20-3/h5,13H,4,6-10H2,1-3H3,(H,16,19)/b15-5-/t13-/m0/s1. The maximum atomic E-state index is 11.5. The molecule has 0 aromatic rings. The number of ketones is 2. The molecule has 0 aromatic heterocycles. The summed E-state index contributed by atoms with van der Waals surface area (Å²) < 4.78 is 10.0. The third-order valence-electron chi connectivity index (χ3n) is 2.49.